The van der Waals surface area contributed by atoms with E-state index in [-0.39, 0.29) is 23.8 Å². The highest BCUT2D eigenvalue weighted by molar-refractivity contribution is 7.08. The van der Waals surface area contributed by atoms with Crippen molar-refractivity contribution in [3.63, 3.8) is 0 Å². The average molecular weight is 308 g/mol. The van der Waals surface area contributed by atoms with Gasteiger partial charge in [-0.05, 0) is 18.0 Å². The lowest BCUT2D eigenvalue weighted by molar-refractivity contribution is -0.144. The van der Waals surface area contributed by atoms with Gasteiger partial charge in [-0.2, -0.15) is 0 Å². The standard InChI is InChI=1S/C13H16N4O3S/c1-2-3-9-12(21-15-14-9)13(20)16-6-8(7-16)17-10(18)4-5-11(17)19/h8H,2-7H2,1H3. The Kier molecular flexibility index (Phi) is 3.71. The first-order valence-corrected chi connectivity index (χ1v) is 7.84. The first-order valence-electron chi connectivity index (χ1n) is 7.07. The van der Waals surface area contributed by atoms with Gasteiger partial charge in [0.05, 0.1) is 11.7 Å². The van der Waals surface area contributed by atoms with Crippen LogP contribution in [0, 0.1) is 0 Å². The zero-order chi connectivity index (χ0) is 15.0. The topological polar surface area (TPSA) is 83.5 Å². The van der Waals surface area contributed by atoms with Gasteiger partial charge in [0.2, 0.25) is 11.8 Å². The summed E-state index contributed by atoms with van der Waals surface area (Å²) in [6, 6.07) is -0.160. The zero-order valence-electron chi connectivity index (χ0n) is 11.7. The summed E-state index contributed by atoms with van der Waals surface area (Å²) in [5, 5.41) is 3.99. The summed E-state index contributed by atoms with van der Waals surface area (Å²) in [7, 11) is 0. The van der Waals surface area contributed by atoms with Gasteiger partial charge in [0.25, 0.3) is 5.91 Å². The van der Waals surface area contributed by atoms with E-state index in [0.29, 0.717) is 30.8 Å². The molecule has 0 bridgehead atoms. The Bertz CT molecular complexity index is 578. The fourth-order valence-corrected chi connectivity index (χ4v) is 3.38. The Labute approximate surface area is 126 Å². The van der Waals surface area contributed by atoms with Gasteiger partial charge in [0.15, 0.2) is 0 Å². The molecule has 8 heteroatoms. The third-order valence-electron chi connectivity index (χ3n) is 3.84. The maximum Gasteiger partial charge on any atom is 0.267 e. The van der Waals surface area contributed by atoms with Crippen molar-refractivity contribution in [2.75, 3.05) is 13.1 Å². The van der Waals surface area contributed by atoms with E-state index in [1.165, 1.54) is 4.90 Å². The molecule has 0 aromatic carbocycles. The van der Waals surface area contributed by atoms with Crippen LogP contribution in [-0.4, -0.2) is 56.2 Å². The maximum absolute atomic E-state index is 12.4. The maximum atomic E-state index is 12.4. The van der Waals surface area contributed by atoms with Crippen LogP contribution in [0.4, 0.5) is 0 Å². The van der Waals surface area contributed by atoms with Crippen LogP contribution in [0.1, 0.15) is 41.6 Å². The largest absolute Gasteiger partial charge is 0.334 e. The number of nitrogens with zero attached hydrogens (tertiary/aromatic N) is 4. The molecule has 21 heavy (non-hydrogen) atoms. The highest BCUT2D eigenvalue weighted by atomic mass is 32.1. The monoisotopic (exact) mass is 308 g/mol. The average Bonchev–Trinajstić information content (AvgIpc) is 2.98. The van der Waals surface area contributed by atoms with E-state index in [2.05, 4.69) is 9.59 Å². The van der Waals surface area contributed by atoms with E-state index in [4.69, 9.17) is 0 Å². The predicted molar refractivity (Wildman–Crippen MR) is 74.7 cm³/mol. The molecule has 2 saturated heterocycles. The predicted octanol–water partition coefficient (Wildman–Crippen LogP) is 0.464. The van der Waals surface area contributed by atoms with Crippen molar-refractivity contribution >= 4 is 29.3 Å². The van der Waals surface area contributed by atoms with Crippen LogP contribution in [0.25, 0.3) is 0 Å². The Morgan fingerprint density at radius 1 is 1.29 bits per heavy atom. The summed E-state index contributed by atoms with van der Waals surface area (Å²) >= 11 is 1.11. The number of amides is 3. The summed E-state index contributed by atoms with van der Waals surface area (Å²) < 4.78 is 3.85. The van der Waals surface area contributed by atoms with Crippen LogP contribution in [0.2, 0.25) is 0 Å². The van der Waals surface area contributed by atoms with Crippen LogP contribution >= 0.6 is 11.5 Å². The van der Waals surface area contributed by atoms with Crippen molar-refractivity contribution in [3.05, 3.63) is 10.6 Å². The number of likely N-dealkylation sites (tertiary alicyclic amines) is 2. The number of carbonyl (C=O) groups excluding carboxylic acids is 3. The van der Waals surface area contributed by atoms with Crippen molar-refractivity contribution in [1.29, 1.82) is 0 Å². The molecule has 0 N–H and O–H groups in total. The van der Waals surface area contributed by atoms with Gasteiger partial charge < -0.3 is 4.90 Å². The lowest BCUT2D eigenvalue weighted by atomic mass is 10.1. The first kappa shape index (κ1) is 14.1. The highest BCUT2D eigenvalue weighted by Gasteiger charge is 2.43. The van der Waals surface area contributed by atoms with E-state index < -0.39 is 0 Å². The lowest BCUT2D eigenvalue weighted by Crippen LogP contribution is -2.62. The van der Waals surface area contributed by atoms with Gasteiger partial charge in [-0.1, -0.05) is 17.8 Å². The number of aryl methyl sites for hydroxylation is 1. The van der Waals surface area contributed by atoms with Gasteiger partial charge in [-0.3, -0.25) is 19.3 Å². The zero-order valence-corrected chi connectivity index (χ0v) is 12.6. The molecule has 0 atom stereocenters. The Hall–Kier alpha value is -1.83. The van der Waals surface area contributed by atoms with Gasteiger partial charge in [-0.15, -0.1) is 5.10 Å². The molecule has 7 nitrogen and oxygen atoms in total. The Morgan fingerprint density at radius 3 is 2.57 bits per heavy atom. The van der Waals surface area contributed by atoms with Gasteiger partial charge in [0.1, 0.15) is 4.88 Å². The molecule has 1 aromatic rings. The second kappa shape index (κ2) is 5.51. The minimum atomic E-state index is -0.160. The minimum absolute atomic E-state index is 0.0937. The fourth-order valence-electron chi connectivity index (χ4n) is 2.70. The van der Waals surface area contributed by atoms with E-state index in [1.807, 2.05) is 6.92 Å². The molecule has 0 radical (unpaired) electrons. The van der Waals surface area contributed by atoms with E-state index >= 15 is 0 Å². The number of rotatable bonds is 4. The molecule has 0 saturated carbocycles. The summed E-state index contributed by atoms with van der Waals surface area (Å²) in [5.74, 6) is -0.338. The van der Waals surface area contributed by atoms with Crippen molar-refractivity contribution in [3.8, 4) is 0 Å². The fraction of sp³-hybridized carbons (Fsp3) is 0.615. The molecular weight excluding hydrogens is 292 g/mol. The summed E-state index contributed by atoms with van der Waals surface area (Å²) in [5.41, 5.74) is 0.740. The number of imide groups is 1. The first-order chi connectivity index (χ1) is 10.1. The molecule has 1 aromatic heterocycles. The molecule has 2 aliphatic rings. The molecule has 112 valence electrons. The van der Waals surface area contributed by atoms with E-state index in [1.54, 1.807) is 4.90 Å². The molecule has 2 aliphatic heterocycles. The lowest BCUT2D eigenvalue weighted by Gasteiger charge is -2.42. The van der Waals surface area contributed by atoms with Crippen molar-refractivity contribution < 1.29 is 14.4 Å². The minimum Gasteiger partial charge on any atom is -0.334 e. The van der Waals surface area contributed by atoms with Crippen molar-refractivity contribution in [1.82, 2.24) is 19.4 Å². The molecule has 3 rings (SSSR count). The Morgan fingerprint density at radius 2 is 1.95 bits per heavy atom. The molecule has 3 heterocycles. The third-order valence-corrected chi connectivity index (χ3v) is 4.60. The van der Waals surface area contributed by atoms with Crippen LogP contribution < -0.4 is 0 Å². The van der Waals surface area contributed by atoms with Crippen LogP contribution in [0.5, 0.6) is 0 Å². The second-order valence-corrected chi connectivity index (χ2v) is 6.07. The van der Waals surface area contributed by atoms with Crippen molar-refractivity contribution in [2.45, 2.75) is 38.6 Å². The molecule has 3 amide bonds. The SMILES string of the molecule is CCCc1nnsc1C(=O)N1CC(N2C(=O)CCC2=O)C1. The summed E-state index contributed by atoms with van der Waals surface area (Å²) in [4.78, 5) is 39.2. The van der Waals surface area contributed by atoms with E-state index in [9.17, 15) is 14.4 Å². The van der Waals surface area contributed by atoms with Gasteiger partial charge in [0, 0.05) is 25.9 Å². The normalized spacial score (nSPS) is 19.3. The molecule has 0 spiro atoms. The number of aromatic nitrogens is 2. The quantitative estimate of drug-likeness (QED) is 0.755. The third kappa shape index (κ3) is 2.44. The number of carbonyl (C=O) groups is 3. The van der Waals surface area contributed by atoms with E-state index in [0.717, 1.165) is 30.1 Å². The number of hydrogen-bond acceptors (Lipinski definition) is 6. The Balaban J connectivity index is 1.63. The van der Waals surface area contributed by atoms with Gasteiger partial charge >= 0.3 is 0 Å². The number of hydrogen-bond donors (Lipinski definition) is 0. The van der Waals surface area contributed by atoms with Crippen LogP contribution in [0.15, 0.2) is 0 Å². The second-order valence-electron chi connectivity index (χ2n) is 5.32. The molecule has 2 fully saturated rings. The molecular formula is C13H16N4O3S. The van der Waals surface area contributed by atoms with Crippen molar-refractivity contribution in [2.24, 2.45) is 0 Å². The van der Waals surface area contributed by atoms with Crippen LogP contribution in [-0.2, 0) is 16.0 Å². The molecule has 0 aliphatic carbocycles. The summed E-state index contributed by atoms with van der Waals surface area (Å²) in [6.07, 6.45) is 2.23. The molecule has 0 unspecified atom stereocenters. The van der Waals surface area contributed by atoms with Crippen LogP contribution in [0.3, 0.4) is 0 Å². The van der Waals surface area contributed by atoms with Gasteiger partial charge in [-0.25, -0.2) is 0 Å². The summed E-state index contributed by atoms with van der Waals surface area (Å²) in [6.45, 7) is 2.86. The highest BCUT2D eigenvalue weighted by Crippen LogP contribution is 2.25. The smallest absolute Gasteiger partial charge is 0.267 e.